The molecule has 1 atom stereocenters. The molecule has 204 valence electrons. The number of hydrogen-bond acceptors (Lipinski definition) is 6. The van der Waals surface area contributed by atoms with Crippen molar-refractivity contribution >= 4 is 28.8 Å². The van der Waals surface area contributed by atoms with E-state index in [0.717, 1.165) is 24.3 Å². The van der Waals surface area contributed by atoms with Crippen LogP contribution in [0.15, 0.2) is 72.3 Å². The van der Waals surface area contributed by atoms with E-state index in [1.165, 1.54) is 4.90 Å². The number of aryl methyl sites for hydroxylation is 1. The zero-order chi connectivity index (χ0) is 28.3. The number of carbonyl (C=O) groups excluding carboxylic acids is 2. The van der Waals surface area contributed by atoms with Gasteiger partial charge in [-0.3, -0.25) is 14.5 Å². The molecule has 0 spiro atoms. The topological polar surface area (TPSA) is 79.3 Å². The maximum absolute atomic E-state index is 13.5. The highest BCUT2D eigenvalue weighted by molar-refractivity contribution is 6.51. The number of ketones is 1. The van der Waals surface area contributed by atoms with Gasteiger partial charge in [0.15, 0.2) is 0 Å². The number of carbonyl (C=O) groups is 2. The average Bonchev–Trinajstić information content (AvgIpc) is 3.20. The van der Waals surface area contributed by atoms with E-state index in [4.69, 9.17) is 9.47 Å². The van der Waals surface area contributed by atoms with Crippen molar-refractivity contribution in [2.75, 3.05) is 30.0 Å². The van der Waals surface area contributed by atoms with Crippen LogP contribution in [-0.2, 0) is 9.59 Å². The summed E-state index contributed by atoms with van der Waals surface area (Å²) in [6.07, 6.45) is -0.00309. The van der Waals surface area contributed by atoms with E-state index >= 15 is 0 Å². The Balaban J connectivity index is 1.85. The van der Waals surface area contributed by atoms with Crippen LogP contribution in [0.2, 0.25) is 0 Å². The van der Waals surface area contributed by atoms with E-state index in [2.05, 4.69) is 18.7 Å². The van der Waals surface area contributed by atoms with Crippen LogP contribution in [0.3, 0.4) is 0 Å². The van der Waals surface area contributed by atoms with Crippen LogP contribution in [0.1, 0.15) is 50.4 Å². The maximum Gasteiger partial charge on any atom is 0.300 e. The van der Waals surface area contributed by atoms with Crippen molar-refractivity contribution in [1.29, 1.82) is 0 Å². The predicted octanol–water partition coefficient (Wildman–Crippen LogP) is 6.26. The summed E-state index contributed by atoms with van der Waals surface area (Å²) in [7, 11) is 1.58. The van der Waals surface area contributed by atoms with Crippen molar-refractivity contribution in [1.82, 2.24) is 0 Å². The van der Waals surface area contributed by atoms with Gasteiger partial charge in [-0.25, -0.2) is 0 Å². The first-order valence-electron chi connectivity index (χ1n) is 13.3. The Morgan fingerprint density at radius 3 is 2.15 bits per heavy atom. The Labute approximate surface area is 230 Å². The van der Waals surface area contributed by atoms with Gasteiger partial charge >= 0.3 is 0 Å². The number of ether oxygens (including phenoxy) is 2. The number of benzene rings is 3. The van der Waals surface area contributed by atoms with Crippen molar-refractivity contribution in [2.45, 2.75) is 46.8 Å². The molecule has 1 aliphatic heterocycles. The molecule has 1 heterocycles. The number of Topliss-reactive ketones (excluding diaryl/α,β-unsaturated/α-hetero) is 1. The van der Waals surface area contributed by atoms with E-state index in [-0.39, 0.29) is 17.4 Å². The molecule has 1 unspecified atom stereocenters. The highest BCUT2D eigenvalue weighted by atomic mass is 16.5. The standard InChI is InChI=1S/C32H36N2O5/c1-7-33(8-2)24-12-14-25(15-13-24)34-29(22-9-16-26(38-6)17-10-22)28(31(36)32(34)37)30(35)23-11-18-27(21(5)19-23)39-20(3)4/h9-20,29,35H,7-8H2,1-6H3/b30-28-. The lowest BCUT2D eigenvalue weighted by molar-refractivity contribution is -0.132. The van der Waals surface area contributed by atoms with E-state index in [9.17, 15) is 14.7 Å². The molecule has 3 aromatic rings. The van der Waals surface area contributed by atoms with Crippen molar-refractivity contribution in [3.8, 4) is 11.5 Å². The highest BCUT2D eigenvalue weighted by Crippen LogP contribution is 2.43. The summed E-state index contributed by atoms with van der Waals surface area (Å²) in [5, 5.41) is 11.5. The molecule has 1 N–H and O–H groups in total. The lowest BCUT2D eigenvalue weighted by atomic mass is 9.94. The zero-order valence-electron chi connectivity index (χ0n) is 23.4. The lowest BCUT2D eigenvalue weighted by Gasteiger charge is -2.27. The van der Waals surface area contributed by atoms with Gasteiger partial charge in [-0.2, -0.15) is 0 Å². The fraction of sp³-hybridized carbons (Fsp3) is 0.312. The van der Waals surface area contributed by atoms with Gasteiger partial charge in [-0.05, 0) is 100 Å². The van der Waals surface area contributed by atoms with Crippen molar-refractivity contribution < 1.29 is 24.2 Å². The number of amides is 1. The quantitative estimate of drug-likeness (QED) is 0.201. The minimum Gasteiger partial charge on any atom is -0.507 e. The highest BCUT2D eigenvalue weighted by Gasteiger charge is 2.47. The largest absolute Gasteiger partial charge is 0.507 e. The molecular formula is C32H36N2O5. The Kier molecular flexibility index (Phi) is 8.29. The number of hydrogen-bond donors (Lipinski definition) is 1. The smallest absolute Gasteiger partial charge is 0.300 e. The number of nitrogens with zero attached hydrogens (tertiary/aromatic N) is 2. The molecule has 0 aliphatic carbocycles. The second kappa shape index (κ2) is 11.6. The molecular weight excluding hydrogens is 492 g/mol. The first-order chi connectivity index (χ1) is 18.7. The number of aliphatic hydroxyl groups excluding tert-OH is 1. The number of methoxy groups -OCH3 is 1. The number of rotatable bonds is 9. The van der Waals surface area contributed by atoms with E-state index in [1.807, 2.05) is 57.2 Å². The van der Waals surface area contributed by atoms with Crippen molar-refractivity contribution in [2.24, 2.45) is 0 Å². The van der Waals surface area contributed by atoms with E-state index in [0.29, 0.717) is 28.3 Å². The van der Waals surface area contributed by atoms with Crippen LogP contribution >= 0.6 is 0 Å². The first kappa shape index (κ1) is 27.8. The first-order valence-corrected chi connectivity index (χ1v) is 13.3. The van der Waals surface area contributed by atoms with Gasteiger partial charge in [0.05, 0.1) is 24.8 Å². The van der Waals surface area contributed by atoms with Gasteiger partial charge in [0.1, 0.15) is 17.3 Å². The Morgan fingerprint density at radius 1 is 0.974 bits per heavy atom. The van der Waals surface area contributed by atoms with Gasteiger partial charge in [0.25, 0.3) is 11.7 Å². The number of aliphatic hydroxyl groups is 1. The fourth-order valence-electron chi connectivity index (χ4n) is 4.95. The van der Waals surface area contributed by atoms with Crippen molar-refractivity contribution in [3.05, 3.63) is 89.0 Å². The summed E-state index contributed by atoms with van der Waals surface area (Å²) in [6.45, 7) is 11.6. The summed E-state index contributed by atoms with van der Waals surface area (Å²) in [6, 6.07) is 19.2. The van der Waals surface area contributed by atoms with Crippen LogP contribution in [0.25, 0.3) is 5.76 Å². The van der Waals surface area contributed by atoms with Crippen LogP contribution < -0.4 is 19.3 Å². The summed E-state index contributed by atoms with van der Waals surface area (Å²) >= 11 is 0. The molecule has 7 nitrogen and oxygen atoms in total. The molecule has 3 aromatic carbocycles. The second-order valence-electron chi connectivity index (χ2n) is 9.78. The van der Waals surface area contributed by atoms with Gasteiger partial charge in [-0.1, -0.05) is 12.1 Å². The summed E-state index contributed by atoms with van der Waals surface area (Å²) < 4.78 is 11.1. The molecule has 1 fully saturated rings. The average molecular weight is 529 g/mol. The van der Waals surface area contributed by atoms with Crippen molar-refractivity contribution in [3.63, 3.8) is 0 Å². The third-order valence-electron chi connectivity index (χ3n) is 6.94. The van der Waals surface area contributed by atoms with Crippen LogP contribution in [0, 0.1) is 6.92 Å². The molecule has 1 aliphatic rings. The molecule has 1 amide bonds. The Hall–Kier alpha value is -4.26. The second-order valence-corrected chi connectivity index (χ2v) is 9.78. The Morgan fingerprint density at radius 2 is 1.62 bits per heavy atom. The van der Waals surface area contributed by atoms with Crippen LogP contribution in [0.5, 0.6) is 11.5 Å². The van der Waals surface area contributed by atoms with Crippen LogP contribution in [-0.4, -0.2) is 43.1 Å². The van der Waals surface area contributed by atoms with Gasteiger partial charge < -0.3 is 19.5 Å². The molecule has 7 heteroatoms. The molecule has 0 bridgehead atoms. The SMILES string of the molecule is CCN(CC)c1ccc(N2C(=O)C(=O)/C(=C(\O)c3ccc(OC(C)C)c(C)c3)C2c2ccc(OC)cc2)cc1. The maximum atomic E-state index is 13.5. The number of anilines is 2. The van der Waals surface area contributed by atoms with Crippen LogP contribution in [0.4, 0.5) is 11.4 Å². The molecule has 0 aromatic heterocycles. The molecule has 0 radical (unpaired) electrons. The molecule has 0 saturated carbocycles. The zero-order valence-corrected chi connectivity index (χ0v) is 23.4. The molecule has 1 saturated heterocycles. The fourth-order valence-corrected chi connectivity index (χ4v) is 4.95. The minimum absolute atomic E-state index is 0.00309. The van der Waals surface area contributed by atoms with Gasteiger partial charge in [-0.15, -0.1) is 0 Å². The minimum atomic E-state index is -0.817. The summed E-state index contributed by atoms with van der Waals surface area (Å²) in [5.74, 6) is -0.306. The summed E-state index contributed by atoms with van der Waals surface area (Å²) in [5.41, 5.74) is 3.58. The molecule has 39 heavy (non-hydrogen) atoms. The van der Waals surface area contributed by atoms with Gasteiger partial charge in [0, 0.05) is 30.0 Å². The van der Waals surface area contributed by atoms with Gasteiger partial charge in [0.2, 0.25) is 0 Å². The Bertz CT molecular complexity index is 1370. The van der Waals surface area contributed by atoms with E-state index in [1.54, 1.807) is 37.4 Å². The third-order valence-corrected chi connectivity index (χ3v) is 6.94. The third kappa shape index (κ3) is 5.48. The summed E-state index contributed by atoms with van der Waals surface area (Å²) in [4.78, 5) is 30.7. The monoisotopic (exact) mass is 528 g/mol. The lowest BCUT2D eigenvalue weighted by Crippen LogP contribution is -2.29. The van der Waals surface area contributed by atoms with E-state index < -0.39 is 17.7 Å². The normalized spacial score (nSPS) is 16.6. The predicted molar refractivity (Wildman–Crippen MR) is 155 cm³/mol. The molecule has 4 rings (SSSR count).